The van der Waals surface area contributed by atoms with E-state index in [0.29, 0.717) is 18.6 Å². The number of carbonyl (C=O) groups excluding carboxylic acids is 1. The lowest BCUT2D eigenvalue weighted by atomic mass is 10.0. The van der Waals surface area contributed by atoms with Crippen molar-refractivity contribution < 1.29 is 19.1 Å². The van der Waals surface area contributed by atoms with Crippen LogP contribution in [0.25, 0.3) is 0 Å². The highest BCUT2D eigenvalue weighted by Crippen LogP contribution is 2.15. The summed E-state index contributed by atoms with van der Waals surface area (Å²) in [5.41, 5.74) is 1.83. The number of carbonyl (C=O) groups is 2. The number of carboxylic acids is 1. The molecule has 0 radical (unpaired) electrons. The predicted molar refractivity (Wildman–Crippen MR) is 86.5 cm³/mol. The molecule has 2 aromatic rings. The van der Waals surface area contributed by atoms with E-state index in [1.54, 1.807) is 13.0 Å². The Bertz CT molecular complexity index is 676. The average Bonchev–Trinajstić information content (AvgIpc) is 2.84. The minimum Gasteiger partial charge on any atom is -0.481 e. The molecule has 0 saturated carbocycles. The van der Waals surface area contributed by atoms with Crippen LogP contribution in [-0.4, -0.2) is 23.0 Å². The Morgan fingerprint density at radius 3 is 2.48 bits per heavy atom. The fraction of sp³-hybridized carbons (Fsp3) is 0.333. The van der Waals surface area contributed by atoms with Crippen molar-refractivity contribution in [1.82, 2.24) is 5.32 Å². The minimum atomic E-state index is -0.873. The van der Waals surface area contributed by atoms with Gasteiger partial charge in [0, 0.05) is 18.0 Å². The van der Waals surface area contributed by atoms with Crippen LogP contribution in [0.1, 0.15) is 40.3 Å². The van der Waals surface area contributed by atoms with Gasteiger partial charge >= 0.3 is 5.97 Å². The molecular formula is C18H21NO4. The highest BCUT2D eigenvalue weighted by atomic mass is 16.4. The van der Waals surface area contributed by atoms with E-state index in [1.807, 2.05) is 37.3 Å². The molecule has 0 aliphatic rings. The number of carboxylic acid groups (broad SMARTS) is 1. The number of furan rings is 1. The van der Waals surface area contributed by atoms with Crippen molar-refractivity contribution in [3.63, 3.8) is 0 Å². The Kier molecular flexibility index (Phi) is 5.57. The van der Waals surface area contributed by atoms with Gasteiger partial charge in [-0.15, -0.1) is 0 Å². The summed E-state index contributed by atoms with van der Waals surface area (Å²) in [5, 5.41) is 11.8. The van der Waals surface area contributed by atoms with Crippen molar-refractivity contribution in [2.75, 3.05) is 0 Å². The lowest BCUT2D eigenvalue weighted by Crippen LogP contribution is -2.37. The van der Waals surface area contributed by atoms with Crippen LogP contribution in [0.4, 0.5) is 0 Å². The first-order chi connectivity index (χ1) is 11.0. The van der Waals surface area contributed by atoms with Gasteiger partial charge in [-0.25, -0.2) is 0 Å². The van der Waals surface area contributed by atoms with Gasteiger partial charge < -0.3 is 14.8 Å². The van der Waals surface area contributed by atoms with Gasteiger partial charge in [-0.1, -0.05) is 30.3 Å². The Morgan fingerprint density at radius 1 is 1.22 bits per heavy atom. The van der Waals surface area contributed by atoms with Crippen LogP contribution < -0.4 is 5.32 Å². The van der Waals surface area contributed by atoms with E-state index in [4.69, 9.17) is 9.52 Å². The summed E-state index contributed by atoms with van der Waals surface area (Å²) in [7, 11) is 0. The number of aryl methyl sites for hydroxylation is 2. The molecule has 23 heavy (non-hydrogen) atoms. The van der Waals surface area contributed by atoms with Crippen LogP contribution in [0.2, 0.25) is 0 Å². The van der Waals surface area contributed by atoms with Crippen molar-refractivity contribution >= 4 is 11.9 Å². The molecule has 5 nitrogen and oxygen atoms in total. The molecule has 1 heterocycles. The van der Waals surface area contributed by atoms with Crippen LogP contribution in [-0.2, 0) is 11.2 Å². The first kappa shape index (κ1) is 16.8. The second-order valence-electron chi connectivity index (χ2n) is 5.66. The van der Waals surface area contributed by atoms with Crippen LogP contribution in [0.5, 0.6) is 0 Å². The van der Waals surface area contributed by atoms with Gasteiger partial charge in [0.1, 0.15) is 5.76 Å². The van der Waals surface area contributed by atoms with E-state index in [2.05, 4.69) is 5.32 Å². The Labute approximate surface area is 135 Å². The maximum atomic E-state index is 12.4. The molecule has 0 aliphatic carbocycles. The molecule has 122 valence electrons. The molecule has 0 bridgehead atoms. The standard InChI is InChI=1S/C18H21NO4/c1-12-10-13(2)23-17(12)18(22)19-15(8-9-16(20)21)11-14-6-4-3-5-7-14/h3-7,10,15H,8-9,11H2,1-2H3,(H,19,22)(H,20,21). The van der Waals surface area contributed by atoms with Gasteiger partial charge in [-0.2, -0.15) is 0 Å². The van der Waals surface area contributed by atoms with Gasteiger partial charge in [0.25, 0.3) is 5.91 Å². The number of hydrogen-bond acceptors (Lipinski definition) is 3. The smallest absolute Gasteiger partial charge is 0.303 e. The summed E-state index contributed by atoms with van der Waals surface area (Å²) < 4.78 is 5.42. The predicted octanol–water partition coefficient (Wildman–Crippen LogP) is 3.10. The lowest BCUT2D eigenvalue weighted by molar-refractivity contribution is -0.137. The third kappa shape index (κ3) is 4.98. The van der Waals surface area contributed by atoms with E-state index in [-0.39, 0.29) is 24.1 Å². The van der Waals surface area contributed by atoms with E-state index in [9.17, 15) is 9.59 Å². The molecule has 1 atom stereocenters. The molecule has 1 amide bonds. The number of rotatable bonds is 7. The van der Waals surface area contributed by atoms with Gasteiger partial charge in [-0.3, -0.25) is 9.59 Å². The molecule has 1 unspecified atom stereocenters. The average molecular weight is 315 g/mol. The Morgan fingerprint density at radius 2 is 1.91 bits per heavy atom. The first-order valence-corrected chi connectivity index (χ1v) is 7.59. The second kappa shape index (κ2) is 7.63. The van der Waals surface area contributed by atoms with E-state index < -0.39 is 5.97 Å². The van der Waals surface area contributed by atoms with Crippen molar-refractivity contribution in [3.05, 3.63) is 59.0 Å². The molecule has 0 saturated heterocycles. The molecule has 1 aromatic carbocycles. The summed E-state index contributed by atoms with van der Waals surface area (Å²) in [6, 6.07) is 11.2. The Hall–Kier alpha value is -2.56. The maximum absolute atomic E-state index is 12.4. The van der Waals surface area contributed by atoms with E-state index >= 15 is 0 Å². The summed E-state index contributed by atoms with van der Waals surface area (Å²) in [5.74, 6) is -0.210. The molecule has 0 fully saturated rings. The zero-order valence-electron chi connectivity index (χ0n) is 13.3. The first-order valence-electron chi connectivity index (χ1n) is 7.59. The largest absolute Gasteiger partial charge is 0.481 e. The monoisotopic (exact) mass is 315 g/mol. The van der Waals surface area contributed by atoms with Crippen molar-refractivity contribution in [2.45, 2.75) is 39.2 Å². The number of nitrogens with one attached hydrogen (secondary N) is 1. The highest BCUT2D eigenvalue weighted by Gasteiger charge is 2.19. The van der Waals surface area contributed by atoms with Crippen LogP contribution in [0, 0.1) is 13.8 Å². The topological polar surface area (TPSA) is 79.5 Å². The molecule has 0 aliphatic heterocycles. The van der Waals surface area contributed by atoms with Gasteiger partial charge in [-0.05, 0) is 38.3 Å². The highest BCUT2D eigenvalue weighted by molar-refractivity contribution is 5.93. The molecule has 2 N–H and O–H groups in total. The van der Waals surface area contributed by atoms with Gasteiger partial charge in [0.15, 0.2) is 5.76 Å². The van der Waals surface area contributed by atoms with E-state index in [0.717, 1.165) is 11.1 Å². The normalized spacial score (nSPS) is 11.9. The van der Waals surface area contributed by atoms with Gasteiger partial charge in [0.05, 0.1) is 0 Å². The van der Waals surface area contributed by atoms with Crippen molar-refractivity contribution in [2.24, 2.45) is 0 Å². The number of benzene rings is 1. The SMILES string of the molecule is Cc1cc(C)c(C(=O)NC(CCC(=O)O)Cc2ccccc2)o1. The fourth-order valence-corrected chi connectivity index (χ4v) is 2.54. The van der Waals surface area contributed by atoms with Crippen molar-refractivity contribution in [1.29, 1.82) is 0 Å². The lowest BCUT2D eigenvalue weighted by Gasteiger charge is -2.18. The fourth-order valence-electron chi connectivity index (χ4n) is 2.54. The molecule has 0 spiro atoms. The third-order valence-electron chi connectivity index (χ3n) is 3.61. The van der Waals surface area contributed by atoms with Gasteiger partial charge in [0.2, 0.25) is 0 Å². The summed E-state index contributed by atoms with van der Waals surface area (Å²) in [6.45, 7) is 3.60. The number of aliphatic carboxylic acids is 1. The maximum Gasteiger partial charge on any atom is 0.303 e. The Balaban J connectivity index is 2.08. The molecule has 2 rings (SSSR count). The third-order valence-corrected chi connectivity index (χ3v) is 3.61. The zero-order chi connectivity index (χ0) is 16.8. The second-order valence-corrected chi connectivity index (χ2v) is 5.66. The molecule has 5 heteroatoms. The van der Waals surface area contributed by atoms with Crippen LogP contribution in [0.15, 0.2) is 40.8 Å². The van der Waals surface area contributed by atoms with Crippen LogP contribution in [0.3, 0.4) is 0 Å². The minimum absolute atomic E-state index is 0.00788. The molecular weight excluding hydrogens is 294 g/mol. The van der Waals surface area contributed by atoms with E-state index in [1.165, 1.54) is 0 Å². The summed E-state index contributed by atoms with van der Waals surface area (Å²) >= 11 is 0. The zero-order valence-corrected chi connectivity index (χ0v) is 13.3. The number of amides is 1. The van der Waals surface area contributed by atoms with Crippen LogP contribution >= 0.6 is 0 Å². The van der Waals surface area contributed by atoms with Crippen molar-refractivity contribution in [3.8, 4) is 0 Å². The summed E-state index contributed by atoms with van der Waals surface area (Å²) in [6.07, 6.45) is 0.960. The summed E-state index contributed by atoms with van der Waals surface area (Å²) in [4.78, 5) is 23.2. The quantitative estimate of drug-likeness (QED) is 0.823. The molecule has 1 aromatic heterocycles. The number of hydrogen-bond donors (Lipinski definition) is 2.